The van der Waals surface area contributed by atoms with E-state index in [1.54, 1.807) is 36.4 Å². The molecule has 0 saturated heterocycles. The predicted molar refractivity (Wildman–Crippen MR) is 79.4 cm³/mol. The van der Waals surface area contributed by atoms with Gasteiger partial charge in [-0.2, -0.15) is 0 Å². The molecule has 0 heterocycles. The second-order valence-corrected chi connectivity index (χ2v) is 7.00. The van der Waals surface area contributed by atoms with Crippen molar-refractivity contribution in [2.45, 2.75) is 24.8 Å². The minimum absolute atomic E-state index is 0.246. The van der Waals surface area contributed by atoms with E-state index in [-0.39, 0.29) is 10.6 Å². The third-order valence-electron chi connectivity index (χ3n) is 3.30. The third kappa shape index (κ3) is 3.26. The van der Waals surface area contributed by atoms with Gasteiger partial charge in [0.1, 0.15) is 0 Å². The molecular formula is C16H18O3S. The van der Waals surface area contributed by atoms with Crippen molar-refractivity contribution in [2.75, 3.05) is 5.75 Å². The fraction of sp³-hybridized carbons (Fsp3) is 0.250. The largest absolute Gasteiger partial charge is 0.387 e. The van der Waals surface area contributed by atoms with Gasteiger partial charge in [0, 0.05) is 0 Å². The van der Waals surface area contributed by atoms with Gasteiger partial charge in [0.15, 0.2) is 9.84 Å². The summed E-state index contributed by atoms with van der Waals surface area (Å²) in [5.41, 5.74) is 2.55. The van der Waals surface area contributed by atoms with Gasteiger partial charge in [-0.05, 0) is 37.1 Å². The van der Waals surface area contributed by atoms with Crippen molar-refractivity contribution in [1.29, 1.82) is 0 Å². The van der Waals surface area contributed by atoms with Crippen LogP contribution in [0.2, 0.25) is 0 Å². The zero-order chi connectivity index (χ0) is 14.8. The van der Waals surface area contributed by atoms with Gasteiger partial charge in [0.2, 0.25) is 0 Å². The van der Waals surface area contributed by atoms with E-state index in [1.165, 1.54) is 0 Å². The average molecular weight is 290 g/mol. The Hall–Kier alpha value is -1.65. The van der Waals surface area contributed by atoms with E-state index in [4.69, 9.17) is 0 Å². The summed E-state index contributed by atoms with van der Waals surface area (Å²) in [6, 6.07) is 13.9. The zero-order valence-electron chi connectivity index (χ0n) is 11.6. The molecule has 1 N–H and O–H groups in total. The molecule has 0 spiro atoms. The Morgan fingerprint density at radius 3 is 2.20 bits per heavy atom. The normalized spacial score (nSPS) is 13.2. The maximum absolute atomic E-state index is 12.3. The van der Waals surface area contributed by atoms with Crippen molar-refractivity contribution in [3.05, 3.63) is 65.2 Å². The molecule has 0 aromatic heterocycles. The Labute approximate surface area is 119 Å². The van der Waals surface area contributed by atoms with Gasteiger partial charge in [-0.25, -0.2) is 8.42 Å². The molecular weight excluding hydrogens is 272 g/mol. The van der Waals surface area contributed by atoms with Crippen LogP contribution in [0.5, 0.6) is 0 Å². The lowest BCUT2D eigenvalue weighted by atomic mass is 10.1. The Kier molecular flexibility index (Phi) is 4.26. The lowest BCUT2D eigenvalue weighted by Crippen LogP contribution is -2.15. The molecule has 0 aliphatic heterocycles. The fourth-order valence-corrected chi connectivity index (χ4v) is 3.44. The van der Waals surface area contributed by atoms with Crippen molar-refractivity contribution < 1.29 is 13.5 Å². The number of rotatable bonds is 4. The van der Waals surface area contributed by atoms with E-state index in [0.29, 0.717) is 5.56 Å². The van der Waals surface area contributed by atoms with Gasteiger partial charge in [0.05, 0.1) is 16.8 Å². The summed E-state index contributed by atoms with van der Waals surface area (Å²) in [6.07, 6.45) is -1.01. The van der Waals surface area contributed by atoms with Crippen LogP contribution in [0.4, 0.5) is 0 Å². The first-order valence-corrected chi connectivity index (χ1v) is 8.08. The summed E-state index contributed by atoms with van der Waals surface area (Å²) in [5.74, 6) is -0.305. The lowest BCUT2D eigenvalue weighted by molar-refractivity contribution is 0.201. The Bertz CT molecular complexity index is 688. The van der Waals surface area contributed by atoms with E-state index in [0.717, 1.165) is 11.1 Å². The van der Waals surface area contributed by atoms with Gasteiger partial charge in [-0.1, -0.05) is 42.0 Å². The highest BCUT2D eigenvalue weighted by Gasteiger charge is 2.21. The number of aryl methyl sites for hydroxylation is 2. The van der Waals surface area contributed by atoms with E-state index in [1.807, 2.05) is 26.0 Å². The first kappa shape index (κ1) is 14.8. The van der Waals surface area contributed by atoms with Crippen molar-refractivity contribution in [1.82, 2.24) is 0 Å². The molecule has 0 fully saturated rings. The molecule has 0 bridgehead atoms. The summed E-state index contributed by atoms with van der Waals surface area (Å²) in [4.78, 5) is 0.246. The van der Waals surface area contributed by atoms with E-state index in [2.05, 4.69) is 0 Å². The number of aliphatic hydroxyl groups excluding tert-OH is 1. The topological polar surface area (TPSA) is 54.4 Å². The molecule has 20 heavy (non-hydrogen) atoms. The average Bonchev–Trinajstić information content (AvgIpc) is 2.39. The molecule has 2 aromatic carbocycles. The van der Waals surface area contributed by atoms with Gasteiger partial charge >= 0.3 is 0 Å². The van der Waals surface area contributed by atoms with Gasteiger partial charge < -0.3 is 5.11 Å². The van der Waals surface area contributed by atoms with Crippen LogP contribution in [0, 0.1) is 13.8 Å². The lowest BCUT2D eigenvalue weighted by Gasteiger charge is -2.14. The molecule has 0 saturated carbocycles. The van der Waals surface area contributed by atoms with Crippen LogP contribution in [-0.2, 0) is 9.84 Å². The maximum Gasteiger partial charge on any atom is 0.181 e. The second-order valence-electron chi connectivity index (χ2n) is 4.97. The summed E-state index contributed by atoms with van der Waals surface area (Å²) in [5, 5.41) is 10.2. The van der Waals surface area contributed by atoms with Gasteiger partial charge in [-0.15, -0.1) is 0 Å². The standard InChI is InChI=1S/C16H18O3S/c1-12-7-9-14(10-8-12)20(18,19)11-16(17)15-6-4-3-5-13(15)2/h3-10,16-17H,11H2,1-2H3. The predicted octanol–water partition coefficient (Wildman–Crippen LogP) is 2.81. The monoisotopic (exact) mass is 290 g/mol. The molecule has 0 aliphatic carbocycles. The van der Waals surface area contributed by atoms with E-state index >= 15 is 0 Å². The SMILES string of the molecule is Cc1ccc(S(=O)(=O)CC(O)c2ccccc2C)cc1. The smallest absolute Gasteiger partial charge is 0.181 e. The first-order chi connectivity index (χ1) is 9.40. The number of hydrogen-bond acceptors (Lipinski definition) is 3. The highest BCUT2D eigenvalue weighted by molar-refractivity contribution is 7.91. The van der Waals surface area contributed by atoms with Gasteiger partial charge in [-0.3, -0.25) is 0 Å². The maximum atomic E-state index is 12.3. The molecule has 2 aromatic rings. The van der Waals surface area contributed by atoms with Crippen molar-refractivity contribution in [2.24, 2.45) is 0 Å². The number of sulfone groups is 1. The highest BCUT2D eigenvalue weighted by atomic mass is 32.2. The minimum atomic E-state index is -3.49. The molecule has 3 nitrogen and oxygen atoms in total. The molecule has 0 radical (unpaired) electrons. The fourth-order valence-electron chi connectivity index (χ4n) is 2.10. The van der Waals surface area contributed by atoms with Crippen LogP contribution in [0.1, 0.15) is 22.8 Å². The Morgan fingerprint density at radius 2 is 1.60 bits per heavy atom. The van der Waals surface area contributed by atoms with Crippen LogP contribution in [-0.4, -0.2) is 19.3 Å². The minimum Gasteiger partial charge on any atom is -0.387 e. The van der Waals surface area contributed by atoms with Crippen LogP contribution < -0.4 is 0 Å². The summed E-state index contributed by atoms with van der Waals surface area (Å²) >= 11 is 0. The molecule has 4 heteroatoms. The van der Waals surface area contributed by atoms with E-state index < -0.39 is 15.9 Å². The van der Waals surface area contributed by atoms with Crippen molar-refractivity contribution in [3.63, 3.8) is 0 Å². The second kappa shape index (κ2) is 5.77. The van der Waals surface area contributed by atoms with Crippen LogP contribution in [0.3, 0.4) is 0 Å². The number of benzene rings is 2. The van der Waals surface area contributed by atoms with Gasteiger partial charge in [0.25, 0.3) is 0 Å². The quantitative estimate of drug-likeness (QED) is 0.942. The Morgan fingerprint density at radius 1 is 1.00 bits per heavy atom. The summed E-state index contributed by atoms with van der Waals surface area (Å²) < 4.78 is 24.6. The summed E-state index contributed by atoms with van der Waals surface area (Å²) in [6.45, 7) is 3.76. The van der Waals surface area contributed by atoms with Crippen molar-refractivity contribution >= 4 is 9.84 Å². The molecule has 0 amide bonds. The first-order valence-electron chi connectivity index (χ1n) is 6.43. The van der Waals surface area contributed by atoms with E-state index in [9.17, 15) is 13.5 Å². The molecule has 2 rings (SSSR count). The molecule has 1 unspecified atom stereocenters. The van der Waals surface area contributed by atoms with Crippen molar-refractivity contribution in [3.8, 4) is 0 Å². The van der Waals surface area contributed by atoms with Crippen LogP contribution in [0.25, 0.3) is 0 Å². The molecule has 1 atom stereocenters. The van der Waals surface area contributed by atoms with Crippen LogP contribution in [0.15, 0.2) is 53.4 Å². The highest BCUT2D eigenvalue weighted by Crippen LogP contribution is 2.22. The number of aliphatic hydroxyl groups is 1. The molecule has 0 aliphatic rings. The summed E-state index contributed by atoms with van der Waals surface area (Å²) in [7, 11) is -3.49. The molecule has 106 valence electrons. The Balaban J connectivity index is 2.24. The third-order valence-corrected chi connectivity index (χ3v) is 5.05. The number of hydrogen-bond donors (Lipinski definition) is 1. The van der Waals surface area contributed by atoms with Crippen LogP contribution >= 0.6 is 0 Å². The zero-order valence-corrected chi connectivity index (χ0v) is 12.4.